The third-order valence-corrected chi connectivity index (χ3v) is 9.18. The Bertz CT molecular complexity index is 1610. The van der Waals surface area contributed by atoms with Crippen molar-refractivity contribution in [2.24, 2.45) is 5.10 Å². The minimum Gasteiger partial charge on any atom is -0.318 e. The van der Waals surface area contributed by atoms with Crippen LogP contribution in [0.15, 0.2) is 94.9 Å². The maximum Gasteiger partial charge on any atom is 0.258 e. The lowest BCUT2D eigenvalue weighted by Gasteiger charge is -2.22. The van der Waals surface area contributed by atoms with E-state index in [-0.39, 0.29) is 11.4 Å². The molecule has 39 heavy (non-hydrogen) atoms. The number of nitrogens with one attached hydrogen (secondary N) is 1. The summed E-state index contributed by atoms with van der Waals surface area (Å²) in [5, 5.41) is 4.62. The summed E-state index contributed by atoms with van der Waals surface area (Å²) >= 11 is 5.90. The van der Waals surface area contributed by atoms with Crippen molar-refractivity contribution in [1.82, 2.24) is 14.3 Å². The molecule has 0 bridgehead atoms. The summed E-state index contributed by atoms with van der Waals surface area (Å²) in [6.45, 7) is 4.29. The molecule has 9 heteroatoms. The van der Waals surface area contributed by atoms with Gasteiger partial charge in [-0.15, -0.1) is 0 Å². The molecular formula is C30H29ClN4O3S. The van der Waals surface area contributed by atoms with Crippen LogP contribution in [0.3, 0.4) is 0 Å². The van der Waals surface area contributed by atoms with Crippen LogP contribution in [0.5, 0.6) is 0 Å². The van der Waals surface area contributed by atoms with Gasteiger partial charge in [-0.1, -0.05) is 54.1 Å². The predicted octanol–water partition coefficient (Wildman–Crippen LogP) is 5.72. The first-order valence-corrected chi connectivity index (χ1v) is 14.5. The topological polar surface area (TPSA) is 83.8 Å². The number of amides is 1. The van der Waals surface area contributed by atoms with Crippen LogP contribution in [0.4, 0.5) is 0 Å². The third kappa shape index (κ3) is 5.54. The Morgan fingerprint density at radius 2 is 1.64 bits per heavy atom. The van der Waals surface area contributed by atoms with Gasteiger partial charge in [0.2, 0.25) is 10.0 Å². The van der Waals surface area contributed by atoms with Crippen molar-refractivity contribution in [3.05, 3.63) is 107 Å². The van der Waals surface area contributed by atoms with Crippen molar-refractivity contribution >= 4 is 33.7 Å². The Labute approximate surface area is 233 Å². The summed E-state index contributed by atoms with van der Waals surface area (Å²) in [7, 11) is -3.83. The second-order valence-electron chi connectivity index (χ2n) is 9.54. The van der Waals surface area contributed by atoms with Gasteiger partial charge in [-0.05, 0) is 80.3 Å². The normalized spacial score (nSPS) is 16.1. The zero-order chi connectivity index (χ0) is 27.6. The second-order valence-corrected chi connectivity index (χ2v) is 11.9. The minimum atomic E-state index is -3.83. The van der Waals surface area contributed by atoms with Gasteiger partial charge < -0.3 is 4.57 Å². The Balaban J connectivity index is 1.29. The van der Waals surface area contributed by atoms with Crippen molar-refractivity contribution in [1.29, 1.82) is 0 Å². The molecule has 0 radical (unpaired) electrons. The number of nitrogens with zero attached hydrogens (tertiary/aromatic N) is 3. The number of hydrogen-bond acceptors (Lipinski definition) is 4. The van der Waals surface area contributed by atoms with Crippen molar-refractivity contribution in [3.63, 3.8) is 0 Å². The van der Waals surface area contributed by atoms with Crippen molar-refractivity contribution in [3.8, 4) is 16.8 Å². The van der Waals surface area contributed by atoms with Gasteiger partial charge in [-0.3, -0.25) is 4.79 Å². The first-order valence-electron chi connectivity index (χ1n) is 12.7. The summed E-state index contributed by atoms with van der Waals surface area (Å²) < 4.78 is 29.7. The zero-order valence-corrected chi connectivity index (χ0v) is 23.3. The first kappa shape index (κ1) is 26.9. The second kappa shape index (κ2) is 11.2. The molecule has 1 saturated heterocycles. The fraction of sp³-hybridized carbons (Fsp3) is 0.200. The van der Waals surface area contributed by atoms with E-state index in [0.29, 0.717) is 17.9 Å². The molecular weight excluding hydrogens is 532 g/mol. The highest BCUT2D eigenvalue weighted by Crippen LogP contribution is 2.27. The number of rotatable bonds is 7. The average molecular weight is 561 g/mol. The molecule has 5 rings (SSSR count). The molecule has 0 spiro atoms. The SMILES string of the molecule is Cc1cc(/C=N\NC(=O)[C@H]2CCCN2S(=O)(=O)c2ccc(Cl)cc2)c(C)n1-c1ccc(-c2ccccc2)cc1. The summed E-state index contributed by atoms with van der Waals surface area (Å²) in [4.78, 5) is 13.1. The van der Waals surface area contributed by atoms with Crippen LogP contribution in [0, 0.1) is 13.8 Å². The summed E-state index contributed by atoms with van der Waals surface area (Å²) in [6.07, 6.45) is 2.63. The van der Waals surface area contributed by atoms with Crippen LogP contribution >= 0.6 is 11.6 Å². The maximum absolute atomic E-state index is 13.1. The third-order valence-electron chi connectivity index (χ3n) is 7.01. The maximum atomic E-state index is 13.1. The van der Waals surface area contributed by atoms with Crippen molar-refractivity contribution < 1.29 is 13.2 Å². The molecule has 2 heterocycles. The van der Waals surface area contributed by atoms with Gasteiger partial charge in [-0.25, -0.2) is 13.8 Å². The molecule has 1 fully saturated rings. The number of carbonyl (C=O) groups excluding carboxylic acids is 1. The van der Waals surface area contributed by atoms with E-state index < -0.39 is 22.0 Å². The van der Waals surface area contributed by atoms with Gasteiger partial charge in [0.15, 0.2) is 0 Å². The molecule has 7 nitrogen and oxygen atoms in total. The Kier molecular flexibility index (Phi) is 7.70. The molecule has 1 amide bonds. The number of benzene rings is 3. The molecule has 0 aliphatic carbocycles. The van der Waals surface area contributed by atoms with Crippen LogP contribution < -0.4 is 5.43 Å². The molecule has 1 aliphatic heterocycles. The number of carbonyl (C=O) groups is 1. The van der Waals surface area contributed by atoms with Crippen LogP contribution in [0.1, 0.15) is 29.8 Å². The lowest BCUT2D eigenvalue weighted by atomic mass is 10.1. The molecule has 0 saturated carbocycles. The van der Waals surface area contributed by atoms with Gasteiger partial charge in [0, 0.05) is 34.2 Å². The molecule has 200 valence electrons. The molecule has 3 aromatic carbocycles. The van der Waals surface area contributed by atoms with Gasteiger partial charge >= 0.3 is 0 Å². The number of hydrogen-bond donors (Lipinski definition) is 1. The predicted molar refractivity (Wildman–Crippen MR) is 155 cm³/mol. The number of sulfonamides is 1. The van der Waals surface area contributed by atoms with E-state index in [2.05, 4.69) is 51.5 Å². The summed E-state index contributed by atoms with van der Waals surface area (Å²) in [6, 6.07) is 25.7. The van der Waals surface area contributed by atoms with Crippen LogP contribution in [0.2, 0.25) is 5.02 Å². The van der Waals surface area contributed by atoms with Crippen LogP contribution in [-0.2, 0) is 14.8 Å². The fourth-order valence-corrected chi connectivity index (χ4v) is 6.80. The van der Waals surface area contributed by atoms with E-state index in [0.717, 1.165) is 33.8 Å². The molecule has 0 unspecified atom stereocenters. The van der Waals surface area contributed by atoms with Crippen LogP contribution in [0.25, 0.3) is 16.8 Å². The fourth-order valence-electron chi connectivity index (χ4n) is 5.02. The molecule has 1 aromatic heterocycles. The van der Waals surface area contributed by atoms with Gasteiger partial charge in [0.25, 0.3) is 5.91 Å². The van der Waals surface area contributed by atoms with Crippen molar-refractivity contribution in [2.45, 2.75) is 37.6 Å². The van der Waals surface area contributed by atoms with Crippen LogP contribution in [-0.4, -0.2) is 42.0 Å². The van der Waals surface area contributed by atoms with E-state index in [9.17, 15) is 13.2 Å². The number of aromatic nitrogens is 1. The Morgan fingerprint density at radius 1 is 0.974 bits per heavy atom. The Hall–Kier alpha value is -3.72. The largest absolute Gasteiger partial charge is 0.318 e. The van der Waals surface area contributed by atoms with E-state index in [1.807, 2.05) is 38.1 Å². The Morgan fingerprint density at radius 3 is 2.33 bits per heavy atom. The molecule has 1 aliphatic rings. The van der Waals surface area contributed by atoms with E-state index in [4.69, 9.17) is 11.6 Å². The lowest BCUT2D eigenvalue weighted by molar-refractivity contribution is -0.124. The van der Waals surface area contributed by atoms with E-state index in [1.54, 1.807) is 6.21 Å². The smallest absolute Gasteiger partial charge is 0.258 e. The quantitative estimate of drug-likeness (QED) is 0.232. The molecule has 4 aromatic rings. The summed E-state index contributed by atoms with van der Waals surface area (Å²) in [5.41, 5.74) is 8.75. The number of halogens is 1. The number of hydrazone groups is 1. The van der Waals surface area contributed by atoms with Crippen molar-refractivity contribution in [2.75, 3.05) is 6.54 Å². The summed E-state index contributed by atoms with van der Waals surface area (Å²) in [5.74, 6) is -0.452. The monoisotopic (exact) mass is 560 g/mol. The molecule has 1 atom stereocenters. The van der Waals surface area contributed by atoms with Gasteiger partial charge in [0.1, 0.15) is 6.04 Å². The minimum absolute atomic E-state index is 0.111. The highest BCUT2D eigenvalue weighted by Gasteiger charge is 2.39. The van der Waals surface area contributed by atoms with E-state index in [1.165, 1.54) is 28.6 Å². The molecule has 1 N–H and O–H groups in total. The van der Waals surface area contributed by atoms with E-state index >= 15 is 0 Å². The van der Waals surface area contributed by atoms with Gasteiger partial charge in [0.05, 0.1) is 11.1 Å². The van der Waals surface area contributed by atoms with Gasteiger partial charge in [-0.2, -0.15) is 9.41 Å². The highest BCUT2D eigenvalue weighted by molar-refractivity contribution is 7.89. The highest BCUT2D eigenvalue weighted by atomic mass is 35.5. The number of aryl methyl sites for hydroxylation is 1. The first-order chi connectivity index (χ1) is 18.8. The lowest BCUT2D eigenvalue weighted by Crippen LogP contribution is -2.44. The zero-order valence-electron chi connectivity index (χ0n) is 21.7. The average Bonchev–Trinajstić information content (AvgIpc) is 3.55. The standard InChI is InChI=1S/C30H29ClN4O3S/c1-21-19-25(22(2)35(21)27-14-10-24(11-15-27)23-7-4-3-5-8-23)20-32-33-30(36)29-9-6-18-34(29)39(37,38)28-16-12-26(31)13-17-28/h3-5,7-8,10-17,19-20,29H,6,9,18H2,1-2H3,(H,33,36)/b32-20-/t29-/m1/s1.